The molecule has 1 amide bonds. The Balaban J connectivity index is 1.36. The molecule has 1 aromatic carbocycles. The lowest BCUT2D eigenvalue weighted by atomic mass is 10.1. The molecule has 23 heavy (non-hydrogen) atoms. The van der Waals surface area contributed by atoms with Crippen molar-refractivity contribution in [3.8, 4) is 0 Å². The molecule has 0 unspecified atom stereocenters. The zero-order valence-electron chi connectivity index (χ0n) is 13.5. The first-order valence-electron chi connectivity index (χ1n) is 8.59. The second-order valence-electron chi connectivity index (χ2n) is 6.55. The third-order valence-electron chi connectivity index (χ3n) is 4.78. The van der Waals surface area contributed by atoms with Crippen molar-refractivity contribution in [2.75, 3.05) is 31.1 Å². The molecule has 0 saturated carbocycles. The lowest BCUT2D eigenvalue weighted by Gasteiger charge is -2.19. The summed E-state index contributed by atoms with van der Waals surface area (Å²) < 4.78 is 5.56. The molecule has 1 aromatic rings. The fraction of sp³-hybridized carbons (Fsp3) is 0.611. The van der Waals surface area contributed by atoms with Gasteiger partial charge >= 0.3 is 0 Å². The fourth-order valence-electron chi connectivity index (χ4n) is 3.40. The molecule has 2 atom stereocenters. The highest BCUT2D eigenvalue weighted by atomic mass is 35.5. The van der Waals surface area contributed by atoms with Crippen molar-refractivity contribution in [3.63, 3.8) is 0 Å². The summed E-state index contributed by atoms with van der Waals surface area (Å²) in [5.74, 6) is 0.683. The van der Waals surface area contributed by atoms with E-state index in [2.05, 4.69) is 22.3 Å². The molecular weight excluding hydrogens is 312 g/mol. The van der Waals surface area contributed by atoms with Crippen LogP contribution in [0.5, 0.6) is 0 Å². The maximum atomic E-state index is 12.0. The minimum absolute atomic E-state index is 0.158. The Morgan fingerprint density at radius 2 is 2.13 bits per heavy atom. The van der Waals surface area contributed by atoms with Crippen LogP contribution in [0.4, 0.5) is 5.69 Å². The van der Waals surface area contributed by atoms with Gasteiger partial charge in [0.2, 0.25) is 5.91 Å². The molecule has 2 heterocycles. The molecule has 2 saturated heterocycles. The van der Waals surface area contributed by atoms with E-state index in [0.717, 1.165) is 56.9 Å². The van der Waals surface area contributed by atoms with Crippen molar-refractivity contribution in [1.29, 1.82) is 0 Å². The Labute approximate surface area is 143 Å². The van der Waals surface area contributed by atoms with Gasteiger partial charge < -0.3 is 15.0 Å². The number of hydrogen-bond acceptors (Lipinski definition) is 3. The summed E-state index contributed by atoms with van der Waals surface area (Å²) >= 11 is 5.93. The zero-order chi connectivity index (χ0) is 16.1. The predicted octanol–water partition coefficient (Wildman–Crippen LogP) is 3.24. The van der Waals surface area contributed by atoms with Crippen LogP contribution in [0.15, 0.2) is 24.3 Å². The van der Waals surface area contributed by atoms with Gasteiger partial charge in [0.15, 0.2) is 0 Å². The van der Waals surface area contributed by atoms with E-state index in [1.165, 1.54) is 5.69 Å². The van der Waals surface area contributed by atoms with Gasteiger partial charge in [0.05, 0.1) is 6.10 Å². The van der Waals surface area contributed by atoms with Crippen LogP contribution in [-0.2, 0) is 9.53 Å². The summed E-state index contributed by atoms with van der Waals surface area (Å²) in [4.78, 5) is 14.3. The van der Waals surface area contributed by atoms with E-state index in [-0.39, 0.29) is 5.91 Å². The highest BCUT2D eigenvalue weighted by Gasteiger charge is 2.23. The summed E-state index contributed by atoms with van der Waals surface area (Å²) in [7, 11) is 0. The molecule has 0 radical (unpaired) electrons. The standard InChI is InChI=1S/C18H25ClN2O2/c19-15-3-5-16(6-4-15)21-10-9-14(13-21)12-20-18(22)8-7-17-2-1-11-23-17/h3-6,14,17H,1-2,7-13H2,(H,20,22)/t14-,17-/m0/s1. The van der Waals surface area contributed by atoms with E-state index in [1.807, 2.05) is 12.1 Å². The van der Waals surface area contributed by atoms with E-state index in [0.29, 0.717) is 18.4 Å². The second kappa shape index (κ2) is 8.02. The molecule has 2 fully saturated rings. The van der Waals surface area contributed by atoms with Gasteiger partial charge in [0.1, 0.15) is 0 Å². The van der Waals surface area contributed by atoms with Crippen molar-refractivity contribution in [2.24, 2.45) is 5.92 Å². The molecule has 4 nitrogen and oxygen atoms in total. The van der Waals surface area contributed by atoms with Crippen molar-refractivity contribution < 1.29 is 9.53 Å². The quantitative estimate of drug-likeness (QED) is 0.867. The van der Waals surface area contributed by atoms with Crippen LogP contribution in [0.3, 0.4) is 0 Å². The number of nitrogens with zero attached hydrogens (tertiary/aromatic N) is 1. The van der Waals surface area contributed by atoms with Crippen LogP contribution in [0.1, 0.15) is 32.1 Å². The van der Waals surface area contributed by atoms with Crippen LogP contribution >= 0.6 is 11.6 Å². The number of ether oxygens (including phenoxy) is 1. The summed E-state index contributed by atoms with van der Waals surface area (Å²) in [6, 6.07) is 7.98. The lowest BCUT2D eigenvalue weighted by molar-refractivity contribution is -0.121. The highest BCUT2D eigenvalue weighted by molar-refractivity contribution is 6.30. The molecule has 1 N–H and O–H groups in total. The van der Waals surface area contributed by atoms with Crippen molar-refractivity contribution >= 4 is 23.2 Å². The molecule has 2 aliphatic rings. The Kier molecular flexibility index (Phi) is 5.79. The van der Waals surface area contributed by atoms with Gasteiger partial charge in [-0.25, -0.2) is 0 Å². The molecule has 3 rings (SSSR count). The molecule has 0 spiro atoms. The number of amides is 1. The third kappa shape index (κ3) is 4.85. The topological polar surface area (TPSA) is 41.6 Å². The largest absolute Gasteiger partial charge is 0.378 e. The molecule has 0 aromatic heterocycles. The van der Waals surface area contributed by atoms with E-state index in [1.54, 1.807) is 0 Å². The number of nitrogens with one attached hydrogen (secondary N) is 1. The number of anilines is 1. The van der Waals surface area contributed by atoms with Gasteiger partial charge in [0.25, 0.3) is 0 Å². The normalized spacial score (nSPS) is 24.1. The first kappa shape index (κ1) is 16.6. The van der Waals surface area contributed by atoms with E-state index in [4.69, 9.17) is 16.3 Å². The number of halogens is 1. The Hall–Kier alpha value is -1.26. The summed E-state index contributed by atoms with van der Waals surface area (Å²) in [5, 5.41) is 3.85. The maximum Gasteiger partial charge on any atom is 0.220 e. The predicted molar refractivity (Wildman–Crippen MR) is 93.0 cm³/mol. The Bertz CT molecular complexity index is 514. The average Bonchev–Trinajstić information content (AvgIpc) is 3.23. The van der Waals surface area contributed by atoms with Gasteiger partial charge in [-0.15, -0.1) is 0 Å². The van der Waals surface area contributed by atoms with Gasteiger partial charge in [-0.1, -0.05) is 11.6 Å². The maximum absolute atomic E-state index is 12.0. The number of carbonyl (C=O) groups is 1. The van der Waals surface area contributed by atoms with E-state index < -0.39 is 0 Å². The average molecular weight is 337 g/mol. The molecule has 2 aliphatic heterocycles. The van der Waals surface area contributed by atoms with E-state index in [9.17, 15) is 4.79 Å². The van der Waals surface area contributed by atoms with Crippen LogP contribution < -0.4 is 10.2 Å². The minimum atomic E-state index is 0.158. The number of benzene rings is 1. The molecule has 0 aliphatic carbocycles. The van der Waals surface area contributed by atoms with Crippen molar-refractivity contribution in [1.82, 2.24) is 5.32 Å². The monoisotopic (exact) mass is 336 g/mol. The van der Waals surface area contributed by atoms with Gasteiger partial charge in [-0.3, -0.25) is 4.79 Å². The summed E-state index contributed by atoms with van der Waals surface area (Å²) in [6.07, 6.45) is 5.09. The van der Waals surface area contributed by atoms with E-state index >= 15 is 0 Å². The SMILES string of the molecule is O=C(CC[C@@H]1CCCO1)NC[C@@H]1CCN(c2ccc(Cl)cc2)C1. The highest BCUT2D eigenvalue weighted by Crippen LogP contribution is 2.25. The van der Waals surface area contributed by atoms with Gasteiger partial charge in [-0.05, 0) is 55.9 Å². The van der Waals surface area contributed by atoms with Crippen LogP contribution in [-0.4, -0.2) is 38.3 Å². The lowest BCUT2D eigenvalue weighted by Crippen LogP contribution is -2.31. The number of hydrogen-bond donors (Lipinski definition) is 1. The Morgan fingerprint density at radius 3 is 2.87 bits per heavy atom. The third-order valence-corrected chi connectivity index (χ3v) is 5.03. The first-order valence-corrected chi connectivity index (χ1v) is 8.97. The van der Waals surface area contributed by atoms with Crippen LogP contribution in [0.25, 0.3) is 0 Å². The summed E-state index contributed by atoms with van der Waals surface area (Å²) in [5.41, 5.74) is 1.21. The summed E-state index contributed by atoms with van der Waals surface area (Å²) in [6.45, 7) is 3.66. The first-order chi connectivity index (χ1) is 11.2. The van der Waals surface area contributed by atoms with Gasteiger partial charge in [-0.2, -0.15) is 0 Å². The van der Waals surface area contributed by atoms with Crippen LogP contribution in [0, 0.1) is 5.92 Å². The molecule has 0 bridgehead atoms. The Morgan fingerprint density at radius 1 is 1.30 bits per heavy atom. The van der Waals surface area contributed by atoms with Crippen LogP contribution in [0.2, 0.25) is 5.02 Å². The smallest absolute Gasteiger partial charge is 0.220 e. The number of carbonyl (C=O) groups excluding carboxylic acids is 1. The molecular formula is C18H25ClN2O2. The fourth-order valence-corrected chi connectivity index (χ4v) is 3.52. The second-order valence-corrected chi connectivity index (χ2v) is 6.99. The number of rotatable bonds is 6. The molecule has 126 valence electrons. The molecule has 5 heteroatoms. The zero-order valence-corrected chi connectivity index (χ0v) is 14.2. The van der Waals surface area contributed by atoms with Gasteiger partial charge in [0, 0.05) is 43.4 Å². The van der Waals surface area contributed by atoms with Crippen molar-refractivity contribution in [2.45, 2.75) is 38.2 Å². The minimum Gasteiger partial charge on any atom is -0.378 e. The van der Waals surface area contributed by atoms with Crippen molar-refractivity contribution in [3.05, 3.63) is 29.3 Å².